The Morgan fingerprint density at radius 2 is 1.37 bits per heavy atom. The molecule has 3 unspecified atom stereocenters. The number of aliphatic carboxylic acids is 2. The number of Topliss-reactive ketones (excluding diaryl/α,β-unsaturated/α-hetero) is 1. The zero-order valence-electron chi connectivity index (χ0n) is 43.6. The number of nitrogens with one attached hydrogen (secondary N) is 1. The smallest absolute Gasteiger partial charge is 0.543 e. The van der Waals surface area contributed by atoms with E-state index in [9.17, 15) is 58.8 Å². The van der Waals surface area contributed by atoms with Crippen LogP contribution in [-0.2, 0) is 52.5 Å². The number of anilines is 2. The summed E-state index contributed by atoms with van der Waals surface area (Å²) >= 11 is 9.81. The molecule has 0 spiro atoms. The summed E-state index contributed by atoms with van der Waals surface area (Å²) < 4.78 is 4.60. The van der Waals surface area contributed by atoms with Crippen LogP contribution in [0.15, 0.2) is 104 Å². The molecule has 2 amide bonds. The van der Waals surface area contributed by atoms with Crippen molar-refractivity contribution in [3.63, 3.8) is 0 Å². The van der Waals surface area contributed by atoms with Crippen LogP contribution in [0.2, 0.25) is 0 Å². The number of nitrogens with two attached hydrogens (primary N) is 3. The zero-order chi connectivity index (χ0) is 59.3. The van der Waals surface area contributed by atoms with Crippen molar-refractivity contribution in [2.24, 2.45) is 36.1 Å². The van der Waals surface area contributed by atoms with Gasteiger partial charge in [-0.1, -0.05) is 46.0 Å². The molecule has 83 heavy (non-hydrogen) atoms. The number of hydrogen-bond donors (Lipinski definition) is 7. The van der Waals surface area contributed by atoms with E-state index < -0.39 is 69.7 Å². The van der Waals surface area contributed by atoms with Crippen molar-refractivity contribution in [1.82, 2.24) is 44.3 Å². The average Bonchev–Trinajstić information content (AvgIpc) is 2.95. The molecule has 1 saturated heterocycles. The van der Waals surface area contributed by atoms with Crippen LogP contribution in [-0.4, -0.2) is 160 Å². The summed E-state index contributed by atoms with van der Waals surface area (Å²) in [5.74, 6) is -4.75. The Kier molecular flexibility index (Phi) is 21.7. The van der Waals surface area contributed by atoms with E-state index in [0.29, 0.717) is 43.0 Å². The van der Waals surface area contributed by atoms with Crippen molar-refractivity contribution < 1.29 is 88.4 Å². The van der Waals surface area contributed by atoms with E-state index >= 15 is 0 Å². The second kappa shape index (κ2) is 28.0. The summed E-state index contributed by atoms with van der Waals surface area (Å²) in [6.45, 7) is 0. The van der Waals surface area contributed by atoms with E-state index in [4.69, 9.17) is 26.9 Å². The van der Waals surface area contributed by atoms with Gasteiger partial charge in [-0.15, -0.1) is 45.8 Å². The van der Waals surface area contributed by atoms with Gasteiger partial charge in [-0.3, -0.25) is 33.7 Å². The van der Waals surface area contributed by atoms with Crippen molar-refractivity contribution >= 4 is 159 Å². The van der Waals surface area contributed by atoms with Crippen LogP contribution in [0.4, 0.5) is 10.3 Å². The van der Waals surface area contributed by atoms with E-state index in [2.05, 4.69) is 40.5 Å². The van der Waals surface area contributed by atoms with Crippen LogP contribution < -0.4 is 68.3 Å². The molecule has 2 fully saturated rings. The van der Waals surface area contributed by atoms with Gasteiger partial charge in [0.15, 0.2) is 53.6 Å². The molecule has 28 nitrogen and oxygen atoms in total. The second-order valence-electron chi connectivity index (χ2n) is 17.1. The molecule has 8 heterocycles. The molecule has 1 aromatic carbocycles. The number of carbonyl (C=O) groups is 6. The van der Waals surface area contributed by atoms with Gasteiger partial charge in [0.25, 0.3) is 11.8 Å². The summed E-state index contributed by atoms with van der Waals surface area (Å²) in [4.78, 5) is 127. The minimum atomic E-state index is -1.54. The summed E-state index contributed by atoms with van der Waals surface area (Å²) in [5.41, 5.74) is 17.7. The van der Waals surface area contributed by atoms with Crippen molar-refractivity contribution in [1.29, 1.82) is 0 Å². The van der Waals surface area contributed by atoms with Crippen molar-refractivity contribution in [2.75, 3.05) is 48.7 Å². The molecule has 0 bridgehead atoms. The number of carbonyl (C=O) groups excluding carboxylic acids is 5. The zero-order valence-corrected chi connectivity index (χ0v) is 52.2. The topological polar surface area (TPSA) is 431 Å². The van der Waals surface area contributed by atoms with Crippen LogP contribution >= 0.6 is 92.8 Å². The molecule has 3 aliphatic heterocycles. The first-order chi connectivity index (χ1) is 39.1. The maximum Gasteiger partial charge on any atom is 1.00 e. The number of aromatic nitrogens is 7. The number of fused-ring (bicyclic) bond motifs is 3. The van der Waals surface area contributed by atoms with Crippen LogP contribution in [0.5, 0.6) is 11.5 Å². The Bertz CT molecular complexity index is 3770. The van der Waals surface area contributed by atoms with Crippen molar-refractivity contribution in [3.05, 3.63) is 102 Å². The molecular formula is C46H43N14NaO14S8. The number of ketones is 1. The van der Waals surface area contributed by atoms with Gasteiger partial charge in [-0.25, -0.2) is 19.7 Å². The molecule has 0 radical (unpaired) electrons. The SMILES string of the molecule is CO/N=C(\C(=O)N[C@@H]1C(=O)N2C(C(=O)[O-])=C(CSc3nc(=O)c(O)cn3C)CS[C@H]12)c1csc(N)n1.CO/N=C(\C(=O)Sc1nc2ccccc2s1)c1csc(N)n1.Cn1cc(O)c(=O)nc1SCC1=C(C(=O)O)C2C(=O)C(N)C2SC1.[Na+]. The number of hydrogen-bond acceptors (Lipinski definition) is 31. The first kappa shape index (κ1) is 64.2. The molecule has 5 aromatic heterocycles. The third kappa shape index (κ3) is 14.4. The number of carboxylic acids is 2. The Hall–Kier alpha value is -6.32. The number of rotatable bonds is 16. The largest absolute Gasteiger partial charge is 1.00 e. The fraction of sp³-hybridized carbons (Fsp3) is 0.283. The van der Waals surface area contributed by atoms with Crippen LogP contribution in [0.3, 0.4) is 0 Å². The predicted molar refractivity (Wildman–Crippen MR) is 309 cm³/mol. The van der Waals surface area contributed by atoms with Gasteiger partial charge >= 0.3 is 46.6 Å². The molecule has 6 aromatic rings. The standard InChI is InChI=1S/C19H19N7O7S3.C14H15N3O5S2.C13H10N4O2S3.Na/c1-25-3-9(27)13(28)23-19(25)36-5-7-4-34-16-11(15(30)26(16)12(7)17(31)32)22-14(29)10(24-33-2)8-6-35-18(20)21-8;1-17-2-6(18)12(20)16-14(17)24-4-5-3-23-11-8(7(5)13(21)22)10(19)9(11)15;1-19-17-10(8-6-20-12(14)15-8)11(18)22-13-16-7-4-2-3-5-9(7)21-13;/h3,6,11,16,27H,4-5H2,1-2H3,(H2,20,21)(H,22,29)(H,31,32);2,8-9,11,18H,3-4,15H2,1H3,(H,21,22);2-6H,1H3,(H2,14,15);/q;;;+1/p-1/b24-10-;;17-10-;/t11-,16-;;;/m1.../s1. The molecular weight excluding hydrogens is 1250 g/mol. The molecule has 5 atom stereocenters. The van der Waals surface area contributed by atoms with Gasteiger partial charge in [0.2, 0.25) is 5.12 Å². The Labute approximate surface area is 523 Å². The van der Waals surface area contributed by atoms with Crippen LogP contribution in [0, 0.1) is 5.92 Å². The van der Waals surface area contributed by atoms with E-state index in [1.165, 1.54) is 99.1 Å². The molecule has 10 rings (SSSR count). The Balaban J connectivity index is 0.000000185. The van der Waals surface area contributed by atoms with E-state index in [-0.39, 0.29) is 95.9 Å². The molecule has 430 valence electrons. The maximum atomic E-state index is 12.9. The van der Waals surface area contributed by atoms with Crippen molar-refractivity contribution in [3.8, 4) is 11.5 Å². The number of nitrogen functional groups attached to an aromatic ring is 2. The van der Waals surface area contributed by atoms with Crippen molar-refractivity contribution in [2.45, 2.75) is 37.4 Å². The van der Waals surface area contributed by atoms with Gasteiger partial charge in [0.05, 0.1) is 46.2 Å². The molecule has 4 aliphatic rings. The first-order valence-corrected chi connectivity index (χ1v) is 30.6. The summed E-state index contributed by atoms with van der Waals surface area (Å²) in [6, 6.07) is 6.12. The monoisotopic (exact) mass is 1290 g/mol. The molecule has 1 saturated carbocycles. The fourth-order valence-corrected chi connectivity index (χ4v) is 16.0. The van der Waals surface area contributed by atoms with Crippen LogP contribution in [0.1, 0.15) is 11.4 Å². The summed E-state index contributed by atoms with van der Waals surface area (Å²) in [5, 5.41) is 53.5. The number of carboxylic acid groups (broad SMARTS) is 2. The molecule has 37 heteroatoms. The minimum absolute atomic E-state index is 0. The van der Waals surface area contributed by atoms with Gasteiger partial charge in [-0.05, 0) is 35.0 Å². The van der Waals surface area contributed by atoms with Gasteiger partial charge < -0.3 is 66.5 Å². The number of amides is 2. The Morgan fingerprint density at radius 3 is 1.92 bits per heavy atom. The van der Waals surface area contributed by atoms with E-state index in [1.807, 2.05) is 24.3 Å². The predicted octanol–water partition coefficient (Wildman–Crippen LogP) is -2.32. The average molecular weight is 1300 g/mol. The van der Waals surface area contributed by atoms with E-state index in [0.717, 1.165) is 50.0 Å². The number of thioether (sulfide) groups is 5. The third-order valence-corrected chi connectivity index (χ3v) is 20.2. The number of β-lactam (4-membered cyclic amide) rings is 1. The number of para-hydroxylation sites is 1. The third-order valence-electron chi connectivity index (χ3n) is 11.8. The summed E-state index contributed by atoms with van der Waals surface area (Å²) in [7, 11) is 5.83. The normalized spacial score (nSPS) is 19.1. The number of aryl methyl sites for hydroxylation is 2. The van der Waals surface area contributed by atoms with Gasteiger partial charge in [-0.2, -0.15) is 21.7 Å². The number of oxime groups is 2. The van der Waals surface area contributed by atoms with Gasteiger partial charge in [0.1, 0.15) is 37.0 Å². The number of aromatic hydroxyl groups is 2. The number of benzene rings is 1. The quantitative estimate of drug-likeness (QED) is 0.0134. The fourth-order valence-electron chi connectivity index (χ4n) is 8.01. The molecule has 1 aliphatic carbocycles. The second-order valence-corrected chi connectivity index (χ2v) is 25.2. The number of thiazole rings is 3. The van der Waals surface area contributed by atoms with Gasteiger partial charge in [0, 0.05) is 58.7 Å². The first-order valence-electron chi connectivity index (χ1n) is 23.2. The number of nitrogens with zero attached hydrogens (tertiary/aromatic N) is 10. The summed E-state index contributed by atoms with van der Waals surface area (Å²) in [6.07, 6.45) is 2.45. The Morgan fingerprint density at radius 1 is 0.819 bits per heavy atom. The van der Waals surface area contributed by atoms with E-state index in [1.54, 1.807) is 19.5 Å². The van der Waals surface area contributed by atoms with Crippen LogP contribution in [0.25, 0.3) is 10.2 Å². The molecule has 10 N–H and O–H groups in total. The maximum absolute atomic E-state index is 12.9. The minimum Gasteiger partial charge on any atom is -0.543 e.